The second-order valence-corrected chi connectivity index (χ2v) is 2.78. The van der Waals surface area contributed by atoms with Crippen LogP contribution in [-0.2, 0) is 9.53 Å². The molecule has 1 aromatic heterocycles. The molecule has 15 heavy (non-hydrogen) atoms. The van der Waals surface area contributed by atoms with Crippen molar-refractivity contribution in [3.8, 4) is 0 Å². The first-order chi connectivity index (χ1) is 7.10. The Balaban J connectivity index is 2.84. The van der Waals surface area contributed by atoms with E-state index in [0.717, 1.165) is 0 Å². The van der Waals surface area contributed by atoms with E-state index in [1.165, 1.54) is 19.2 Å². The summed E-state index contributed by atoms with van der Waals surface area (Å²) in [6.07, 6.45) is -0.803. The molecule has 0 aliphatic heterocycles. The normalized spacial score (nSPS) is 11.9. The number of methoxy groups -OCH3 is 1. The number of hydrogen-bond donors (Lipinski definition) is 1. The van der Waals surface area contributed by atoms with E-state index in [2.05, 4.69) is 11.3 Å². The molecule has 1 aromatic rings. The predicted molar refractivity (Wildman–Crippen MR) is 50.2 cm³/mol. The first-order valence-corrected chi connectivity index (χ1v) is 4.10. The quantitative estimate of drug-likeness (QED) is 0.453. The van der Waals surface area contributed by atoms with Crippen molar-refractivity contribution in [3.63, 3.8) is 0 Å². The molecule has 1 rings (SSSR count). The summed E-state index contributed by atoms with van der Waals surface area (Å²) in [4.78, 5) is 21.3. The summed E-state index contributed by atoms with van der Waals surface area (Å²) in [5.41, 5.74) is -0.149. The van der Waals surface area contributed by atoms with Crippen molar-refractivity contribution in [1.29, 1.82) is 0 Å². The standard InChI is InChI=1S/C10H10O5/c1-6(10(13)14-2)9(12)8-4-3-7(5-11)15-8/h3-5,9,12H,1H2,2H3. The van der Waals surface area contributed by atoms with E-state index in [1.807, 2.05) is 0 Å². The third kappa shape index (κ3) is 2.32. The van der Waals surface area contributed by atoms with Crippen LogP contribution in [0.5, 0.6) is 0 Å². The van der Waals surface area contributed by atoms with Crippen LogP contribution in [0.15, 0.2) is 28.7 Å². The Hall–Kier alpha value is -1.88. The van der Waals surface area contributed by atoms with Crippen LogP contribution < -0.4 is 0 Å². The van der Waals surface area contributed by atoms with Crippen LogP contribution in [0.25, 0.3) is 0 Å². The highest BCUT2D eigenvalue weighted by Crippen LogP contribution is 2.22. The largest absolute Gasteiger partial charge is 0.466 e. The molecule has 0 amide bonds. The lowest BCUT2D eigenvalue weighted by Gasteiger charge is -2.08. The first-order valence-electron chi connectivity index (χ1n) is 4.10. The Bertz CT molecular complexity index is 390. The van der Waals surface area contributed by atoms with Crippen LogP contribution in [0, 0.1) is 0 Å². The van der Waals surface area contributed by atoms with Crippen LogP contribution in [-0.4, -0.2) is 24.5 Å². The maximum Gasteiger partial charge on any atom is 0.336 e. The Labute approximate surface area is 86.0 Å². The highest BCUT2D eigenvalue weighted by atomic mass is 16.5. The van der Waals surface area contributed by atoms with E-state index in [1.54, 1.807) is 0 Å². The van der Waals surface area contributed by atoms with Gasteiger partial charge in [0, 0.05) is 0 Å². The molecule has 1 N–H and O–H groups in total. The van der Waals surface area contributed by atoms with E-state index < -0.39 is 12.1 Å². The van der Waals surface area contributed by atoms with Gasteiger partial charge in [-0.2, -0.15) is 0 Å². The van der Waals surface area contributed by atoms with E-state index in [0.29, 0.717) is 6.29 Å². The van der Waals surface area contributed by atoms with Gasteiger partial charge >= 0.3 is 5.97 Å². The number of aldehydes is 1. The van der Waals surface area contributed by atoms with Gasteiger partial charge < -0.3 is 14.3 Å². The van der Waals surface area contributed by atoms with Crippen molar-refractivity contribution >= 4 is 12.3 Å². The predicted octanol–water partition coefficient (Wildman–Crippen LogP) is 0.855. The zero-order valence-corrected chi connectivity index (χ0v) is 8.10. The smallest absolute Gasteiger partial charge is 0.336 e. The molecule has 0 spiro atoms. The molecule has 0 saturated carbocycles. The number of hydrogen-bond acceptors (Lipinski definition) is 5. The van der Waals surface area contributed by atoms with E-state index >= 15 is 0 Å². The average Bonchev–Trinajstić information content (AvgIpc) is 2.74. The lowest BCUT2D eigenvalue weighted by atomic mass is 10.1. The van der Waals surface area contributed by atoms with Gasteiger partial charge in [0.1, 0.15) is 11.9 Å². The maximum absolute atomic E-state index is 11.0. The molecule has 0 saturated heterocycles. The fourth-order valence-corrected chi connectivity index (χ4v) is 0.993. The summed E-state index contributed by atoms with van der Waals surface area (Å²) in [6.45, 7) is 3.36. The van der Waals surface area contributed by atoms with Crippen molar-refractivity contribution < 1.29 is 23.8 Å². The molecule has 1 unspecified atom stereocenters. The monoisotopic (exact) mass is 210 g/mol. The van der Waals surface area contributed by atoms with E-state index in [9.17, 15) is 14.7 Å². The van der Waals surface area contributed by atoms with Gasteiger partial charge in [-0.15, -0.1) is 0 Å². The minimum Gasteiger partial charge on any atom is -0.466 e. The fourth-order valence-electron chi connectivity index (χ4n) is 0.993. The molecule has 0 radical (unpaired) electrons. The number of carbonyl (C=O) groups is 2. The summed E-state index contributed by atoms with van der Waals surface area (Å²) in [5.74, 6) is -0.583. The number of furan rings is 1. The number of rotatable bonds is 4. The molecule has 1 atom stereocenters. The van der Waals surface area contributed by atoms with Gasteiger partial charge in [0.2, 0.25) is 0 Å². The Morgan fingerprint density at radius 2 is 2.33 bits per heavy atom. The second kappa shape index (κ2) is 4.56. The first kappa shape index (κ1) is 11.2. The molecule has 5 nitrogen and oxygen atoms in total. The number of aliphatic hydroxyl groups excluding tert-OH is 1. The van der Waals surface area contributed by atoms with Crippen molar-refractivity contribution in [3.05, 3.63) is 35.8 Å². The van der Waals surface area contributed by atoms with Crippen LogP contribution in [0.2, 0.25) is 0 Å². The summed E-state index contributed by atoms with van der Waals surface area (Å²) in [6, 6.07) is 2.78. The van der Waals surface area contributed by atoms with Crippen molar-refractivity contribution in [2.24, 2.45) is 0 Å². The fraction of sp³-hybridized carbons (Fsp3) is 0.200. The summed E-state index contributed by atoms with van der Waals surface area (Å²) < 4.78 is 9.30. The lowest BCUT2D eigenvalue weighted by molar-refractivity contribution is -0.137. The van der Waals surface area contributed by atoms with Gasteiger partial charge in [-0.05, 0) is 12.1 Å². The molecule has 5 heteroatoms. The van der Waals surface area contributed by atoms with Crippen LogP contribution >= 0.6 is 0 Å². The average molecular weight is 210 g/mol. The Morgan fingerprint density at radius 1 is 1.67 bits per heavy atom. The lowest BCUT2D eigenvalue weighted by Crippen LogP contribution is -2.11. The van der Waals surface area contributed by atoms with Crippen LogP contribution in [0.4, 0.5) is 0 Å². The summed E-state index contributed by atoms with van der Waals surface area (Å²) >= 11 is 0. The highest BCUT2D eigenvalue weighted by Gasteiger charge is 2.21. The molecule has 0 bridgehead atoms. The second-order valence-electron chi connectivity index (χ2n) is 2.78. The Morgan fingerprint density at radius 3 is 2.80 bits per heavy atom. The summed E-state index contributed by atoms with van der Waals surface area (Å²) in [7, 11) is 1.18. The number of aliphatic hydroxyl groups is 1. The minimum absolute atomic E-state index is 0.0710. The third-order valence-electron chi connectivity index (χ3n) is 1.81. The molecule has 0 aliphatic rings. The molecule has 0 aliphatic carbocycles. The van der Waals surface area contributed by atoms with Crippen molar-refractivity contribution in [2.45, 2.75) is 6.10 Å². The summed E-state index contributed by atoms with van der Waals surface area (Å²) in [5, 5.41) is 9.59. The van der Waals surface area contributed by atoms with Crippen LogP contribution in [0.3, 0.4) is 0 Å². The maximum atomic E-state index is 11.0. The molecule has 0 fully saturated rings. The van der Waals surface area contributed by atoms with Gasteiger partial charge in [-0.1, -0.05) is 6.58 Å². The SMILES string of the molecule is C=C(C(=O)OC)C(O)c1ccc(C=O)o1. The van der Waals surface area contributed by atoms with Crippen LogP contribution in [0.1, 0.15) is 22.4 Å². The molecular weight excluding hydrogens is 200 g/mol. The highest BCUT2D eigenvalue weighted by molar-refractivity contribution is 5.88. The van der Waals surface area contributed by atoms with E-state index in [-0.39, 0.29) is 17.1 Å². The molecule has 80 valence electrons. The third-order valence-corrected chi connectivity index (χ3v) is 1.81. The number of carbonyl (C=O) groups excluding carboxylic acids is 2. The van der Waals surface area contributed by atoms with Gasteiger partial charge in [-0.25, -0.2) is 4.79 Å². The van der Waals surface area contributed by atoms with Gasteiger partial charge in [0.05, 0.1) is 12.7 Å². The molecular formula is C10H10O5. The van der Waals surface area contributed by atoms with Gasteiger partial charge in [-0.3, -0.25) is 4.79 Å². The number of esters is 1. The molecule has 1 heterocycles. The van der Waals surface area contributed by atoms with Crippen molar-refractivity contribution in [2.75, 3.05) is 7.11 Å². The topological polar surface area (TPSA) is 76.7 Å². The zero-order chi connectivity index (χ0) is 11.4. The Kier molecular flexibility index (Phi) is 3.41. The minimum atomic E-state index is -1.30. The van der Waals surface area contributed by atoms with Gasteiger partial charge in [0.25, 0.3) is 0 Å². The van der Waals surface area contributed by atoms with Gasteiger partial charge in [0.15, 0.2) is 12.0 Å². The van der Waals surface area contributed by atoms with E-state index in [4.69, 9.17) is 4.42 Å². The number of ether oxygens (including phenoxy) is 1. The zero-order valence-electron chi connectivity index (χ0n) is 8.10. The molecule has 0 aromatic carbocycles. The van der Waals surface area contributed by atoms with Crippen molar-refractivity contribution in [1.82, 2.24) is 0 Å².